The Hall–Kier alpha value is -0.450. The van der Waals surface area contributed by atoms with Crippen molar-refractivity contribution in [2.24, 2.45) is 0 Å². The van der Waals surface area contributed by atoms with Crippen molar-refractivity contribution in [2.45, 2.75) is 70.6 Å². The van der Waals surface area contributed by atoms with Gasteiger partial charge in [-0.05, 0) is 32.1 Å². The molecule has 19 heavy (non-hydrogen) atoms. The van der Waals surface area contributed by atoms with E-state index in [1.807, 2.05) is 11.3 Å². The third-order valence-corrected chi connectivity index (χ3v) is 4.98. The first-order valence-electron chi connectivity index (χ1n) is 7.67. The van der Waals surface area contributed by atoms with Gasteiger partial charge < -0.3 is 10.1 Å². The lowest BCUT2D eigenvalue weighted by Crippen LogP contribution is -2.15. The molecule has 106 valence electrons. The van der Waals surface area contributed by atoms with E-state index in [-0.39, 0.29) is 0 Å². The zero-order valence-electron chi connectivity index (χ0n) is 11.8. The largest absolute Gasteiger partial charge is 0.378 e. The number of nitrogens with zero attached hydrogens (tertiary/aromatic N) is 1. The molecule has 1 N–H and O–H groups in total. The molecule has 3 nitrogen and oxygen atoms in total. The Morgan fingerprint density at radius 3 is 2.95 bits per heavy atom. The third kappa shape index (κ3) is 3.77. The molecule has 1 aliphatic carbocycles. The molecule has 1 aromatic heterocycles. The van der Waals surface area contributed by atoms with Gasteiger partial charge in [0.05, 0.1) is 16.8 Å². The van der Waals surface area contributed by atoms with Crippen molar-refractivity contribution in [3.05, 3.63) is 15.6 Å². The summed E-state index contributed by atoms with van der Waals surface area (Å²) in [4.78, 5) is 6.32. The topological polar surface area (TPSA) is 34.1 Å². The minimum atomic E-state index is 0.421. The SMILES string of the molecule is CCCc1nc(CC2CCCO2)sc1CNC1CC1. The van der Waals surface area contributed by atoms with Crippen LogP contribution in [0.5, 0.6) is 0 Å². The average Bonchev–Trinajstić information content (AvgIpc) is 2.95. The molecule has 2 heterocycles. The van der Waals surface area contributed by atoms with Crippen LogP contribution in [0.2, 0.25) is 0 Å². The maximum absolute atomic E-state index is 5.73. The Morgan fingerprint density at radius 2 is 2.26 bits per heavy atom. The number of nitrogens with one attached hydrogen (secondary N) is 1. The zero-order valence-corrected chi connectivity index (χ0v) is 12.6. The molecular weight excluding hydrogens is 256 g/mol. The predicted octanol–water partition coefficient (Wildman–Crippen LogP) is 3.07. The number of hydrogen-bond donors (Lipinski definition) is 1. The molecule has 2 aliphatic rings. The predicted molar refractivity (Wildman–Crippen MR) is 78.6 cm³/mol. The highest BCUT2D eigenvalue weighted by atomic mass is 32.1. The normalized spacial score (nSPS) is 23.1. The summed E-state index contributed by atoms with van der Waals surface area (Å²) >= 11 is 1.90. The summed E-state index contributed by atoms with van der Waals surface area (Å²) in [6.45, 7) is 4.19. The van der Waals surface area contributed by atoms with E-state index < -0.39 is 0 Å². The number of thiazole rings is 1. The van der Waals surface area contributed by atoms with Crippen LogP contribution in [0, 0.1) is 0 Å². The number of aromatic nitrogens is 1. The Kier molecular flexibility index (Phi) is 4.51. The minimum Gasteiger partial charge on any atom is -0.378 e. The van der Waals surface area contributed by atoms with Crippen LogP contribution in [-0.2, 0) is 24.1 Å². The molecule has 1 aromatic rings. The Bertz CT molecular complexity index is 408. The van der Waals surface area contributed by atoms with E-state index in [2.05, 4.69) is 12.2 Å². The van der Waals surface area contributed by atoms with Crippen LogP contribution in [0.15, 0.2) is 0 Å². The summed E-state index contributed by atoms with van der Waals surface area (Å²) in [5, 5.41) is 4.90. The van der Waals surface area contributed by atoms with E-state index in [9.17, 15) is 0 Å². The molecule has 1 saturated carbocycles. The summed E-state index contributed by atoms with van der Waals surface area (Å²) < 4.78 is 5.73. The lowest BCUT2D eigenvalue weighted by atomic mass is 10.2. The maximum Gasteiger partial charge on any atom is 0.0957 e. The zero-order chi connectivity index (χ0) is 13.1. The molecule has 1 unspecified atom stereocenters. The fourth-order valence-corrected chi connectivity index (χ4v) is 3.75. The second-order valence-electron chi connectivity index (χ2n) is 5.72. The third-order valence-electron chi connectivity index (χ3n) is 3.86. The lowest BCUT2D eigenvalue weighted by Gasteiger charge is -2.05. The first-order chi connectivity index (χ1) is 9.35. The number of ether oxygens (including phenoxy) is 1. The van der Waals surface area contributed by atoms with Crippen molar-refractivity contribution in [1.29, 1.82) is 0 Å². The van der Waals surface area contributed by atoms with Gasteiger partial charge in [-0.3, -0.25) is 0 Å². The molecule has 0 spiro atoms. The van der Waals surface area contributed by atoms with Gasteiger partial charge >= 0.3 is 0 Å². The van der Waals surface area contributed by atoms with Crippen molar-refractivity contribution >= 4 is 11.3 Å². The van der Waals surface area contributed by atoms with E-state index >= 15 is 0 Å². The highest BCUT2D eigenvalue weighted by Gasteiger charge is 2.22. The molecule has 1 atom stereocenters. The van der Waals surface area contributed by atoms with Gasteiger partial charge in [-0.1, -0.05) is 13.3 Å². The summed E-state index contributed by atoms with van der Waals surface area (Å²) in [5.74, 6) is 0. The van der Waals surface area contributed by atoms with Gasteiger partial charge in [0.15, 0.2) is 0 Å². The van der Waals surface area contributed by atoms with Gasteiger partial charge in [0.1, 0.15) is 0 Å². The van der Waals surface area contributed by atoms with Gasteiger partial charge in [-0.2, -0.15) is 0 Å². The number of hydrogen-bond acceptors (Lipinski definition) is 4. The van der Waals surface area contributed by atoms with Crippen molar-refractivity contribution in [1.82, 2.24) is 10.3 Å². The quantitative estimate of drug-likeness (QED) is 0.833. The number of aryl methyl sites for hydroxylation is 1. The number of rotatable bonds is 7. The van der Waals surface area contributed by atoms with Crippen LogP contribution in [0.3, 0.4) is 0 Å². The molecule has 1 aliphatic heterocycles. The molecule has 4 heteroatoms. The molecular formula is C15H24N2OS. The van der Waals surface area contributed by atoms with E-state index in [1.165, 1.54) is 47.7 Å². The van der Waals surface area contributed by atoms with Crippen LogP contribution in [0.25, 0.3) is 0 Å². The Morgan fingerprint density at radius 1 is 1.37 bits per heavy atom. The molecule has 0 radical (unpaired) electrons. The van der Waals surface area contributed by atoms with Crippen LogP contribution < -0.4 is 5.32 Å². The molecule has 0 bridgehead atoms. The average molecular weight is 280 g/mol. The second kappa shape index (κ2) is 6.33. The molecule has 2 fully saturated rings. The van der Waals surface area contributed by atoms with Crippen molar-refractivity contribution < 1.29 is 4.74 Å². The Labute approximate surface area is 119 Å². The van der Waals surface area contributed by atoms with E-state index in [0.717, 1.165) is 32.0 Å². The Balaban J connectivity index is 1.63. The van der Waals surface area contributed by atoms with Crippen molar-refractivity contribution in [2.75, 3.05) is 6.61 Å². The van der Waals surface area contributed by atoms with Crippen LogP contribution in [0.4, 0.5) is 0 Å². The fourth-order valence-electron chi connectivity index (χ4n) is 2.62. The molecule has 1 saturated heterocycles. The highest BCUT2D eigenvalue weighted by Crippen LogP contribution is 2.26. The minimum absolute atomic E-state index is 0.421. The second-order valence-corrected chi connectivity index (χ2v) is 6.89. The van der Waals surface area contributed by atoms with E-state index in [0.29, 0.717) is 6.10 Å². The fraction of sp³-hybridized carbons (Fsp3) is 0.800. The highest BCUT2D eigenvalue weighted by molar-refractivity contribution is 7.11. The van der Waals surface area contributed by atoms with Crippen molar-refractivity contribution in [3.63, 3.8) is 0 Å². The molecule has 0 aromatic carbocycles. The van der Waals surface area contributed by atoms with Gasteiger partial charge in [0, 0.05) is 30.5 Å². The van der Waals surface area contributed by atoms with E-state index in [1.54, 1.807) is 0 Å². The summed E-state index contributed by atoms with van der Waals surface area (Å²) in [6.07, 6.45) is 8.86. The lowest BCUT2D eigenvalue weighted by molar-refractivity contribution is 0.111. The first kappa shape index (κ1) is 13.5. The van der Waals surface area contributed by atoms with Gasteiger partial charge in [0.2, 0.25) is 0 Å². The van der Waals surface area contributed by atoms with Gasteiger partial charge in [-0.25, -0.2) is 4.98 Å². The van der Waals surface area contributed by atoms with Gasteiger partial charge in [0.25, 0.3) is 0 Å². The maximum atomic E-state index is 5.73. The van der Waals surface area contributed by atoms with Crippen LogP contribution in [0.1, 0.15) is 54.6 Å². The van der Waals surface area contributed by atoms with E-state index in [4.69, 9.17) is 9.72 Å². The smallest absolute Gasteiger partial charge is 0.0957 e. The van der Waals surface area contributed by atoms with Crippen LogP contribution in [-0.4, -0.2) is 23.7 Å². The van der Waals surface area contributed by atoms with Crippen LogP contribution >= 0.6 is 11.3 Å². The monoisotopic (exact) mass is 280 g/mol. The molecule has 3 rings (SSSR count). The standard InChI is InChI=1S/C15H24N2OS/c1-2-4-13-14(10-16-11-6-7-11)19-15(17-13)9-12-5-3-8-18-12/h11-12,16H,2-10H2,1H3. The van der Waals surface area contributed by atoms with Crippen molar-refractivity contribution in [3.8, 4) is 0 Å². The first-order valence-corrected chi connectivity index (χ1v) is 8.49. The summed E-state index contributed by atoms with van der Waals surface area (Å²) in [5.41, 5.74) is 1.33. The van der Waals surface area contributed by atoms with Gasteiger partial charge in [-0.15, -0.1) is 11.3 Å². The summed E-state index contributed by atoms with van der Waals surface area (Å²) in [6, 6.07) is 0.776. The molecule has 0 amide bonds. The summed E-state index contributed by atoms with van der Waals surface area (Å²) in [7, 11) is 0.